The predicted octanol–water partition coefficient (Wildman–Crippen LogP) is 0.975. The van der Waals surface area contributed by atoms with Gasteiger partial charge in [0.05, 0.1) is 17.4 Å². The third-order valence-electron chi connectivity index (χ3n) is 4.51. The van der Waals surface area contributed by atoms with E-state index in [0.717, 1.165) is 16.9 Å². The average Bonchev–Trinajstić information content (AvgIpc) is 3.23. The maximum atomic E-state index is 12.5. The summed E-state index contributed by atoms with van der Waals surface area (Å²) in [6, 6.07) is 16.5. The molecular formula is C22H18N4O3S. The minimum absolute atomic E-state index is 0.119. The lowest BCUT2D eigenvalue weighted by molar-refractivity contribution is -0.120. The molecule has 0 radical (unpaired) electrons. The molecule has 0 atom stereocenters. The first-order chi connectivity index (χ1) is 14.6. The third-order valence-corrected chi connectivity index (χ3v) is 5.60. The largest absolute Gasteiger partial charge is 0.493 e. The molecule has 1 aliphatic heterocycles. The van der Waals surface area contributed by atoms with Gasteiger partial charge in [-0.05, 0) is 11.6 Å². The topological polar surface area (TPSA) is 96.0 Å². The van der Waals surface area contributed by atoms with E-state index in [1.54, 1.807) is 24.3 Å². The fourth-order valence-corrected chi connectivity index (χ4v) is 4.20. The normalized spacial score (nSPS) is 13.1. The molecule has 0 saturated heterocycles. The van der Waals surface area contributed by atoms with Crippen molar-refractivity contribution in [1.82, 2.24) is 9.99 Å². The zero-order valence-corrected chi connectivity index (χ0v) is 16.7. The van der Waals surface area contributed by atoms with Crippen LogP contribution >= 0.6 is 11.3 Å². The van der Waals surface area contributed by atoms with Gasteiger partial charge in [0.25, 0.3) is 5.91 Å². The van der Waals surface area contributed by atoms with E-state index in [9.17, 15) is 14.7 Å². The number of hydrogen-bond acceptors (Lipinski definition) is 5. The minimum atomic E-state index is -0.418. The highest BCUT2D eigenvalue weighted by Crippen LogP contribution is 2.28. The molecule has 30 heavy (non-hydrogen) atoms. The van der Waals surface area contributed by atoms with Crippen LogP contribution in [0.5, 0.6) is 5.88 Å². The van der Waals surface area contributed by atoms with Gasteiger partial charge in [0.2, 0.25) is 16.6 Å². The van der Waals surface area contributed by atoms with Crippen molar-refractivity contribution in [2.75, 3.05) is 0 Å². The molecule has 2 N–H and O–H groups in total. The lowest BCUT2D eigenvalue weighted by Gasteiger charge is -2.02. The van der Waals surface area contributed by atoms with Gasteiger partial charge < -0.3 is 5.11 Å². The summed E-state index contributed by atoms with van der Waals surface area (Å²) in [5, 5.41) is 16.2. The number of allylic oxidation sites excluding steroid dienone is 1. The monoisotopic (exact) mass is 418 g/mol. The van der Waals surface area contributed by atoms with Crippen molar-refractivity contribution in [3.63, 3.8) is 0 Å². The highest BCUT2D eigenvalue weighted by molar-refractivity contribution is 7.11. The van der Waals surface area contributed by atoms with E-state index < -0.39 is 5.91 Å². The Bertz CT molecular complexity index is 1340. The molecule has 0 aliphatic carbocycles. The molecule has 0 unspecified atom stereocenters. The van der Waals surface area contributed by atoms with Crippen molar-refractivity contribution < 1.29 is 14.7 Å². The third kappa shape index (κ3) is 3.72. The highest BCUT2D eigenvalue weighted by Gasteiger charge is 2.25. The van der Waals surface area contributed by atoms with E-state index in [4.69, 9.17) is 0 Å². The average molecular weight is 418 g/mol. The van der Waals surface area contributed by atoms with Crippen LogP contribution in [0, 0.1) is 0 Å². The molecule has 1 aromatic heterocycles. The number of nitrogens with one attached hydrogen (secondary N) is 1. The standard InChI is InChI=1S/C22H18N4O3S/c1-2-12-26-21(29)19(18-15-10-6-7-11-16(15)23-20(18)28)30-22(26)25-24-17(27)13-14-8-4-3-5-9-14/h2-11,29H,1,12-13H2,(H,24,27)/b25-22+. The van der Waals surface area contributed by atoms with Gasteiger partial charge in [-0.2, -0.15) is 0 Å². The molecule has 7 nitrogen and oxygen atoms in total. The molecule has 150 valence electrons. The van der Waals surface area contributed by atoms with Gasteiger partial charge in [0, 0.05) is 11.8 Å². The number of aromatic nitrogens is 1. The second-order valence-corrected chi connectivity index (χ2v) is 7.53. The molecule has 2 amide bonds. The summed E-state index contributed by atoms with van der Waals surface area (Å²) in [7, 11) is 0. The van der Waals surface area contributed by atoms with Gasteiger partial charge >= 0.3 is 0 Å². The quantitative estimate of drug-likeness (QED) is 0.461. The van der Waals surface area contributed by atoms with Crippen molar-refractivity contribution in [3.8, 4) is 5.88 Å². The number of nitrogens with zero attached hydrogens (tertiary/aromatic N) is 3. The number of fused-ring (bicyclic) bond motifs is 1. The summed E-state index contributed by atoms with van der Waals surface area (Å²) in [6.45, 7) is 3.96. The van der Waals surface area contributed by atoms with Crippen molar-refractivity contribution in [2.45, 2.75) is 13.0 Å². The molecule has 2 aromatic carbocycles. The molecular weight excluding hydrogens is 400 g/mol. The van der Waals surface area contributed by atoms with Crippen LogP contribution in [0.4, 0.5) is 0 Å². The Morgan fingerprint density at radius 2 is 1.93 bits per heavy atom. The number of aromatic hydroxyl groups is 1. The van der Waals surface area contributed by atoms with E-state index >= 15 is 0 Å². The van der Waals surface area contributed by atoms with Gasteiger partial charge in [-0.1, -0.05) is 65.9 Å². The summed E-state index contributed by atoms with van der Waals surface area (Å²) < 4.78 is 1.48. The summed E-state index contributed by atoms with van der Waals surface area (Å²) >= 11 is 1.10. The van der Waals surface area contributed by atoms with Crippen LogP contribution in [-0.2, 0) is 22.6 Å². The maximum Gasteiger partial charge on any atom is 0.279 e. The number of rotatable bonds is 6. The number of hydrogen-bond donors (Lipinski definition) is 2. The van der Waals surface area contributed by atoms with Crippen LogP contribution in [0.25, 0.3) is 5.57 Å². The fraction of sp³-hybridized carbons (Fsp3) is 0.0909. The SMILES string of the molecule is C=CCn1c(O)c(C2=c3ccccc3=NC2=O)s/c1=N/NC(=O)Cc1ccccc1. The van der Waals surface area contributed by atoms with Crippen LogP contribution in [0.15, 0.2) is 77.3 Å². The molecule has 2 heterocycles. The predicted molar refractivity (Wildman–Crippen MR) is 113 cm³/mol. The lowest BCUT2D eigenvalue weighted by Crippen LogP contribution is -2.25. The Labute approximate surface area is 175 Å². The Morgan fingerprint density at radius 3 is 2.70 bits per heavy atom. The highest BCUT2D eigenvalue weighted by atomic mass is 32.1. The fourth-order valence-electron chi connectivity index (χ4n) is 3.16. The number of carbonyl (C=O) groups excluding carboxylic acids is 2. The number of carbonyl (C=O) groups is 2. The lowest BCUT2D eigenvalue weighted by atomic mass is 10.1. The molecule has 0 saturated carbocycles. The molecule has 3 aromatic rings. The number of benzene rings is 2. The second kappa shape index (κ2) is 8.30. The Kier molecular flexibility index (Phi) is 5.40. The van der Waals surface area contributed by atoms with E-state index in [1.807, 2.05) is 36.4 Å². The van der Waals surface area contributed by atoms with Gasteiger partial charge in [0.15, 0.2) is 0 Å². The van der Waals surface area contributed by atoms with Gasteiger partial charge in [-0.25, -0.2) is 10.4 Å². The second-order valence-electron chi connectivity index (χ2n) is 6.55. The summed E-state index contributed by atoms with van der Waals surface area (Å²) in [5.41, 5.74) is 3.71. The minimum Gasteiger partial charge on any atom is -0.493 e. The van der Waals surface area contributed by atoms with Crippen molar-refractivity contribution >= 4 is 28.7 Å². The van der Waals surface area contributed by atoms with Gasteiger partial charge in [0.1, 0.15) is 4.88 Å². The molecule has 0 bridgehead atoms. The van der Waals surface area contributed by atoms with Gasteiger partial charge in [-0.3, -0.25) is 14.2 Å². The van der Waals surface area contributed by atoms with Crippen molar-refractivity contribution in [1.29, 1.82) is 0 Å². The summed E-state index contributed by atoms with van der Waals surface area (Å²) in [5.74, 6) is -0.824. The first kappa shape index (κ1) is 19.5. The van der Waals surface area contributed by atoms with Gasteiger partial charge in [-0.15, -0.1) is 11.7 Å². The van der Waals surface area contributed by atoms with Crippen LogP contribution in [0.1, 0.15) is 10.4 Å². The summed E-state index contributed by atoms with van der Waals surface area (Å²) in [4.78, 5) is 29.5. The smallest absolute Gasteiger partial charge is 0.279 e. The summed E-state index contributed by atoms with van der Waals surface area (Å²) in [6.07, 6.45) is 1.78. The Hall–Kier alpha value is -3.78. The van der Waals surface area contributed by atoms with E-state index in [-0.39, 0.29) is 24.8 Å². The van der Waals surface area contributed by atoms with E-state index in [0.29, 0.717) is 25.8 Å². The number of thiazole rings is 1. The maximum absolute atomic E-state index is 12.5. The van der Waals surface area contributed by atoms with Crippen molar-refractivity contribution in [3.05, 3.63) is 93.1 Å². The number of amides is 2. The van der Waals surface area contributed by atoms with Crippen LogP contribution in [0.2, 0.25) is 0 Å². The van der Waals surface area contributed by atoms with E-state index in [2.05, 4.69) is 22.1 Å². The Morgan fingerprint density at radius 1 is 1.20 bits per heavy atom. The van der Waals surface area contributed by atoms with Crippen molar-refractivity contribution in [2.24, 2.45) is 10.1 Å². The van der Waals surface area contributed by atoms with E-state index in [1.165, 1.54) is 4.57 Å². The zero-order chi connectivity index (χ0) is 21.1. The molecule has 1 aliphatic rings. The van der Waals surface area contributed by atoms with Crippen LogP contribution < -0.4 is 20.8 Å². The van der Waals surface area contributed by atoms with Crippen LogP contribution in [-0.4, -0.2) is 21.5 Å². The number of para-hydroxylation sites is 1. The molecule has 0 fully saturated rings. The first-order valence-electron chi connectivity index (χ1n) is 9.21. The first-order valence-corrected chi connectivity index (χ1v) is 10.0. The molecule has 8 heteroatoms. The van der Waals surface area contributed by atoms with Crippen LogP contribution in [0.3, 0.4) is 0 Å². The molecule has 4 rings (SSSR count). The Balaban J connectivity index is 1.73. The molecule has 0 spiro atoms. The zero-order valence-electron chi connectivity index (χ0n) is 15.9.